The minimum absolute atomic E-state index is 0.243. The molecule has 0 bridgehead atoms. The molecule has 1 aromatic carbocycles. The molecule has 1 N–H and O–H groups in total. The van der Waals surface area contributed by atoms with Gasteiger partial charge in [0.25, 0.3) is 0 Å². The van der Waals surface area contributed by atoms with Gasteiger partial charge in [0.1, 0.15) is 5.15 Å². The summed E-state index contributed by atoms with van der Waals surface area (Å²) >= 11 is 5.68. The van der Waals surface area contributed by atoms with Gasteiger partial charge in [-0.25, -0.2) is 13.4 Å². The summed E-state index contributed by atoms with van der Waals surface area (Å²) in [6.07, 6.45) is 5.61. The van der Waals surface area contributed by atoms with E-state index in [1.807, 2.05) is 0 Å². The number of anilines is 1. The lowest BCUT2D eigenvalue weighted by Crippen LogP contribution is -2.10. The summed E-state index contributed by atoms with van der Waals surface area (Å²) in [5.41, 5.74) is 1.46. The van der Waals surface area contributed by atoms with Crippen molar-refractivity contribution in [3.8, 4) is 0 Å². The van der Waals surface area contributed by atoms with E-state index in [2.05, 4.69) is 9.71 Å². The van der Waals surface area contributed by atoms with Gasteiger partial charge in [0.15, 0.2) is 5.78 Å². The maximum absolute atomic E-state index is 12.1. The molecule has 2 aromatic rings. The number of nitrogens with one attached hydrogen (secondary N) is 1. The molecule has 114 valence electrons. The van der Waals surface area contributed by atoms with Crippen molar-refractivity contribution in [1.29, 1.82) is 0 Å². The van der Waals surface area contributed by atoms with Gasteiger partial charge in [-0.3, -0.25) is 9.52 Å². The number of benzene rings is 1. The molecule has 0 unspecified atom stereocenters. The van der Waals surface area contributed by atoms with E-state index in [0.29, 0.717) is 16.4 Å². The number of nitrogens with zero attached hydrogens (tertiary/aromatic N) is 1. The van der Waals surface area contributed by atoms with Crippen molar-refractivity contribution in [3.05, 3.63) is 65.0 Å². The Kier molecular flexibility index (Phi) is 4.95. The fraction of sp³-hybridized carbons (Fsp3) is 0.0667. The van der Waals surface area contributed by atoms with E-state index in [1.165, 1.54) is 12.1 Å². The standard InChI is InChI=1S/C15H13ClN2O3S/c1-22(20,21)18-13-4-2-3-12(9-13)14(19)7-5-11-6-8-15(16)17-10-11/h2-10,18H,1H3. The Labute approximate surface area is 133 Å². The highest BCUT2D eigenvalue weighted by atomic mass is 35.5. The number of carbonyl (C=O) groups excluding carboxylic acids is 1. The lowest BCUT2D eigenvalue weighted by Gasteiger charge is -2.04. The van der Waals surface area contributed by atoms with Crippen molar-refractivity contribution in [1.82, 2.24) is 4.98 Å². The van der Waals surface area contributed by atoms with Gasteiger partial charge >= 0.3 is 0 Å². The van der Waals surface area contributed by atoms with E-state index in [-0.39, 0.29) is 5.78 Å². The van der Waals surface area contributed by atoms with Crippen LogP contribution in [0.3, 0.4) is 0 Å². The Morgan fingerprint density at radius 2 is 2.05 bits per heavy atom. The summed E-state index contributed by atoms with van der Waals surface area (Å²) in [5.74, 6) is -0.243. The minimum atomic E-state index is -3.38. The number of aromatic nitrogens is 1. The zero-order chi connectivity index (χ0) is 16.2. The zero-order valence-electron chi connectivity index (χ0n) is 11.7. The van der Waals surface area contributed by atoms with Crippen LogP contribution in [0.25, 0.3) is 6.08 Å². The Balaban J connectivity index is 2.15. The van der Waals surface area contributed by atoms with Crippen LogP contribution in [0.1, 0.15) is 15.9 Å². The Morgan fingerprint density at radius 3 is 2.68 bits per heavy atom. The third-order valence-corrected chi connectivity index (χ3v) is 3.46. The van der Waals surface area contributed by atoms with Crippen LogP contribution in [0.2, 0.25) is 5.15 Å². The van der Waals surface area contributed by atoms with Gasteiger partial charge in [0.05, 0.1) is 6.26 Å². The van der Waals surface area contributed by atoms with Gasteiger partial charge in [-0.1, -0.05) is 29.8 Å². The molecule has 0 fully saturated rings. The van der Waals surface area contributed by atoms with E-state index in [9.17, 15) is 13.2 Å². The van der Waals surface area contributed by atoms with Crippen molar-refractivity contribution in [2.75, 3.05) is 11.0 Å². The first-order chi connectivity index (χ1) is 10.3. The van der Waals surface area contributed by atoms with Crippen LogP contribution in [0.4, 0.5) is 5.69 Å². The molecule has 0 aliphatic heterocycles. The third-order valence-electron chi connectivity index (χ3n) is 2.63. The predicted molar refractivity (Wildman–Crippen MR) is 87.5 cm³/mol. The van der Waals surface area contributed by atoms with Crippen molar-refractivity contribution in [2.24, 2.45) is 0 Å². The second-order valence-electron chi connectivity index (χ2n) is 4.57. The summed E-state index contributed by atoms with van der Waals surface area (Å²) in [7, 11) is -3.38. The smallest absolute Gasteiger partial charge is 0.229 e. The molecule has 0 spiro atoms. The molecule has 2 rings (SSSR count). The summed E-state index contributed by atoms with van der Waals surface area (Å²) < 4.78 is 24.7. The van der Waals surface area contributed by atoms with Crippen LogP contribution in [0.15, 0.2) is 48.7 Å². The molecule has 5 nitrogen and oxygen atoms in total. The number of pyridine rings is 1. The van der Waals surface area contributed by atoms with Crippen LogP contribution < -0.4 is 4.72 Å². The molecule has 1 heterocycles. The first-order valence-corrected chi connectivity index (χ1v) is 8.52. The molecule has 0 radical (unpaired) electrons. The monoisotopic (exact) mass is 336 g/mol. The van der Waals surface area contributed by atoms with Gasteiger partial charge in [0.2, 0.25) is 10.0 Å². The van der Waals surface area contributed by atoms with Gasteiger partial charge in [-0.2, -0.15) is 0 Å². The van der Waals surface area contributed by atoms with Gasteiger partial charge in [0, 0.05) is 17.4 Å². The average Bonchev–Trinajstić information content (AvgIpc) is 2.45. The van der Waals surface area contributed by atoms with Crippen LogP contribution in [-0.4, -0.2) is 25.4 Å². The first-order valence-electron chi connectivity index (χ1n) is 6.25. The Bertz CT molecular complexity index is 815. The summed E-state index contributed by atoms with van der Waals surface area (Å²) in [5, 5.41) is 0.378. The van der Waals surface area contributed by atoms with Crippen LogP contribution >= 0.6 is 11.6 Å². The highest BCUT2D eigenvalue weighted by Gasteiger charge is 2.06. The number of allylic oxidation sites excluding steroid dienone is 1. The fourth-order valence-corrected chi connectivity index (χ4v) is 2.37. The maximum Gasteiger partial charge on any atom is 0.229 e. The Hall–Kier alpha value is -2.18. The maximum atomic E-state index is 12.1. The third kappa shape index (κ3) is 4.98. The van der Waals surface area contributed by atoms with E-state index < -0.39 is 10.0 Å². The second kappa shape index (κ2) is 6.72. The van der Waals surface area contributed by atoms with E-state index in [1.54, 1.807) is 42.6 Å². The number of carbonyl (C=O) groups is 1. The largest absolute Gasteiger partial charge is 0.289 e. The first kappa shape index (κ1) is 16.2. The van der Waals surface area contributed by atoms with Crippen molar-refractivity contribution in [3.63, 3.8) is 0 Å². The topological polar surface area (TPSA) is 76.1 Å². The van der Waals surface area contributed by atoms with Crippen LogP contribution in [0.5, 0.6) is 0 Å². The Morgan fingerprint density at radius 1 is 1.27 bits per heavy atom. The molecule has 1 aromatic heterocycles. The lowest BCUT2D eigenvalue weighted by atomic mass is 10.1. The molecule has 7 heteroatoms. The van der Waals surface area contributed by atoms with E-state index >= 15 is 0 Å². The number of hydrogen-bond donors (Lipinski definition) is 1. The highest BCUT2D eigenvalue weighted by molar-refractivity contribution is 7.92. The molecule has 0 saturated carbocycles. The van der Waals surface area contributed by atoms with Crippen LogP contribution in [-0.2, 0) is 10.0 Å². The molecule has 0 saturated heterocycles. The van der Waals surface area contributed by atoms with Gasteiger partial charge in [-0.15, -0.1) is 0 Å². The normalized spacial score (nSPS) is 11.5. The SMILES string of the molecule is CS(=O)(=O)Nc1cccc(C(=O)C=Cc2ccc(Cl)nc2)c1. The van der Waals surface area contributed by atoms with E-state index in [0.717, 1.165) is 11.8 Å². The van der Waals surface area contributed by atoms with E-state index in [4.69, 9.17) is 11.6 Å². The lowest BCUT2D eigenvalue weighted by molar-refractivity contribution is 0.104. The number of halogens is 1. The molecule has 0 aliphatic carbocycles. The summed E-state index contributed by atoms with van der Waals surface area (Å²) in [6.45, 7) is 0. The molecular formula is C15H13ClN2O3S. The van der Waals surface area contributed by atoms with Crippen molar-refractivity contribution >= 4 is 39.2 Å². The summed E-state index contributed by atoms with van der Waals surface area (Å²) in [6, 6.07) is 9.64. The zero-order valence-corrected chi connectivity index (χ0v) is 13.2. The number of rotatable bonds is 5. The minimum Gasteiger partial charge on any atom is -0.289 e. The molecule has 0 atom stereocenters. The second-order valence-corrected chi connectivity index (χ2v) is 6.70. The van der Waals surface area contributed by atoms with Gasteiger partial charge in [-0.05, 0) is 35.9 Å². The number of hydrogen-bond acceptors (Lipinski definition) is 4. The van der Waals surface area contributed by atoms with Gasteiger partial charge < -0.3 is 0 Å². The molecule has 0 amide bonds. The molecule has 0 aliphatic rings. The predicted octanol–water partition coefficient (Wildman–Crippen LogP) is 3.00. The molecular weight excluding hydrogens is 324 g/mol. The highest BCUT2D eigenvalue weighted by Crippen LogP contribution is 2.14. The number of sulfonamides is 1. The van der Waals surface area contributed by atoms with Crippen LogP contribution in [0, 0.1) is 0 Å². The quantitative estimate of drug-likeness (QED) is 0.517. The number of ketones is 1. The summed E-state index contributed by atoms with van der Waals surface area (Å²) in [4.78, 5) is 16.0. The van der Waals surface area contributed by atoms with Crippen molar-refractivity contribution < 1.29 is 13.2 Å². The average molecular weight is 337 g/mol. The molecule has 22 heavy (non-hydrogen) atoms. The van der Waals surface area contributed by atoms with Crippen molar-refractivity contribution in [2.45, 2.75) is 0 Å². The fourth-order valence-electron chi connectivity index (χ4n) is 1.70.